The largest absolute Gasteiger partial charge is 0.417 e. The van der Waals surface area contributed by atoms with Crippen LogP contribution in [0.5, 0.6) is 0 Å². The molecular formula is C18H37NO4Si. The topological polar surface area (TPSA) is 67.8 Å². The van der Waals surface area contributed by atoms with Crippen LogP contribution in [0, 0.1) is 5.92 Å². The van der Waals surface area contributed by atoms with Crippen molar-refractivity contribution in [2.24, 2.45) is 5.92 Å². The average Bonchev–Trinajstić information content (AvgIpc) is 2.47. The van der Waals surface area contributed by atoms with Crippen LogP contribution < -0.4 is 5.48 Å². The normalized spacial score (nSPS) is 16.0. The molecule has 0 aromatic heterocycles. The average molecular weight is 360 g/mol. The molecule has 5 nitrogen and oxygen atoms in total. The molecule has 2 N–H and O–H groups in total. The zero-order valence-corrected chi connectivity index (χ0v) is 17.7. The van der Waals surface area contributed by atoms with Gasteiger partial charge in [0.15, 0.2) is 8.32 Å². The van der Waals surface area contributed by atoms with E-state index in [-0.39, 0.29) is 10.9 Å². The fraction of sp³-hybridized carbons (Fsp3) is 0.833. The summed E-state index contributed by atoms with van der Waals surface area (Å²) in [5, 5.41) is 10.3. The van der Waals surface area contributed by atoms with Crippen molar-refractivity contribution in [2.45, 2.75) is 78.1 Å². The first-order chi connectivity index (χ1) is 10.9. The number of hydrogen-bond acceptors (Lipinski definition) is 4. The summed E-state index contributed by atoms with van der Waals surface area (Å²) < 4.78 is 6.14. The summed E-state index contributed by atoms with van der Waals surface area (Å²) in [5.74, 6) is -0.783. The Labute approximate surface area is 148 Å². The Morgan fingerprint density at radius 1 is 1.33 bits per heavy atom. The number of carbonyl (C=O) groups excluding carboxylic acids is 1. The molecule has 0 aliphatic heterocycles. The molecule has 1 amide bonds. The van der Waals surface area contributed by atoms with E-state index in [4.69, 9.17) is 4.43 Å². The lowest BCUT2D eigenvalue weighted by Crippen LogP contribution is -2.40. The van der Waals surface area contributed by atoms with Crippen LogP contribution in [0.3, 0.4) is 0 Å². The number of hydrogen-bond donors (Lipinski definition) is 2. The van der Waals surface area contributed by atoms with Gasteiger partial charge in [0.05, 0.1) is 19.1 Å². The van der Waals surface area contributed by atoms with Gasteiger partial charge in [-0.05, 0) is 44.3 Å². The zero-order chi connectivity index (χ0) is 19.0. The van der Waals surface area contributed by atoms with Crippen LogP contribution in [0.2, 0.25) is 18.1 Å². The van der Waals surface area contributed by atoms with Gasteiger partial charge in [-0.15, -0.1) is 0 Å². The van der Waals surface area contributed by atoms with E-state index in [0.29, 0.717) is 6.42 Å². The number of nitrogens with one attached hydrogen (secondary N) is 1. The third kappa shape index (κ3) is 8.42. The lowest BCUT2D eigenvalue weighted by Gasteiger charge is -2.36. The van der Waals surface area contributed by atoms with Crippen molar-refractivity contribution in [3.05, 3.63) is 11.6 Å². The molecule has 0 radical (unpaired) electrons. The van der Waals surface area contributed by atoms with Crippen LogP contribution in [0.25, 0.3) is 0 Å². The van der Waals surface area contributed by atoms with Crippen molar-refractivity contribution in [1.29, 1.82) is 0 Å². The maximum atomic E-state index is 11.6. The minimum Gasteiger partial charge on any atom is -0.417 e. The quantitative estimate of drug-likeness (QED) is 0.269. The molecule has 0 aromatic rings. The number of hydroxylamine groups is 1. The van der Waals surface area contributed by atoms with Gasteiger partial charge in [0.2, 0.25) is 5.91 Å². The number of amides is 1. The molecule has 142 valence electrons. The van der Waals surface area contributed by atoms with E-state index >= 15 is 0 Å². The molecule has 0 heterocycles. The number of aliphatic hydroxyl groups is 1. The fourth-order valence-electron chi connectivity index (χ4n) is 1.93. The predicted octanol–water partition coefficient (Wildman–Crippen LogP) is 3.80. The van der Waals surface area contributed by atoms with Gasteiger partial charge in [-0.1, -0.05) is 39.3 Å². The standard InChI is InChI=1S/C18H37NO4Si/c1-14(10-9-13-23-24(7,8)18(3,4)5)11-12-16(20)15(2)17(21)19-22-6/h10,15-16,20H,9,11-13H2,1-8H3,(H,19,21)/b14-10+/t15-,16+/m1/s1. The van der Waals surface area contributed by atoms with Crippen LogP contribution in [-0.4, -0.2) is 39.2 Å². The van der Waals surface area contributed by atoms with Crippen LogP contribution >= 0.6 is 0 Å². The maximum Gasteiger partial charge on any atom is 0.248 e. The van der Waals surface area contributed by atoms with Crippen molar-refractivity contribution >= 4 is 14.2 Å². The number of aliphatic hydroxyl groups excluding tert-OH is 1. The van der Waals surface area contributed by atoms with Gasteiger partial charge in [0.25, 0.3) is 0 Å². The molecule has 0 spiro atoms. The van der Waals surface area contributed by atoms with Gasteiger partial charge < -0.3 is 9.53 Å². The highest BCUT2D eigenvalue weighted by molar-refractivity contribution is 6.74. The number of allylic oxidation sites excluding steroid dienone is 1. The van der Waals surface area contributed by atoms with E-state index in [2.05, 4.69) is 57.2 Å². The lowest BCUT2D eigenvalue weighted by molar-refractivity contribution is -0.138. The molecule has 0 aromatic carbocycles. The second kappa shape index (κ2) is 10.3. The zero-order valence-electron chi connectivity index (χ0n) is 16.7. The van der Waals surface area contributed by atoms with Crippen molar-refractivity contribution in [3.63, 3.8) is 0 Å². The molecule has 0 saturated heterocycles. The highest BCUT2D eigenvalue weighted by Gasteiger charge is 2.36. The van der Waals surface area contributed by atoms with Gasteiger partial charge in [-0.2, -0.15) is 0 Å². The molecule has 2 atom stereocenters. The Kier molecular flexibility index (Phi) is 10.0. The minimum atomic E-state index is -1.67. The molecular weight excluding hydrogens is 322 g/mol. The molecule has 0 unspecified atom stereocenters. The summed E-state index contributed by atoms with van der Waals surface area (Å²) in [5.41, 5.74) is 3.47. The highest BCUT2D eigenvalue weighted by atomic mass is 28.4. The van der Waals surface area contributed by atoms with Gasteiger partial charge in [-0.3, -0.25) is 9.63 Å². The molecule has 0 fully saturated rings. The Balaban J connectivity index is 4.18. The van der Waals surface area contributed by atoms with Gasteiger partial charge in [0.1, 0.15) is 0 Å². The van der Waals surface area contributed by atoms with Gasteiger partial charge in [0, 0.05) is 6.61 Å². The lowest BCUT2D eigenvalue weighted by atomic mass is 9.97. The van der Waals surface area contributed by atoms with Crippen molar-refractivity contribution in [1.82, 2.24) is 5.48 Å². The van der Waals surface area contributed by atoms with Crippen molar-refractivity contribution in [2.75, 3.05) is 13.7 Å². The molecule has 0 aliphatic rings. The van der Waals surface area contributed by atoms with E-state index in [1.165, 1.54) is 12.7 Å². The predicted molar refractivity (Wildman–Crippen MR) is 101 cm³/mol. The maximum absolute atomic E-state index is 11.6. The first kappa shape index (κ1) is 23.3. The molecule has 0 aliphatic carbocycles. The highest BCUT2D eigenvalue weighted by Crippen LogP contribution is 2.36. The van der Waals surface area contributed by atoms with Crippen molar-refractivity contribution in [3.8, 4) is 0 Å². The molecule has 6 heteroatoms. The first-order valence-corrected chi connectivity index (χ1v) is 11.6. The monoisotopic (exact) mass is 359 g/mol. The van der Waals surface area contributed by atoms with Crippen molar-refractivity contribution < 1.29 is 19.2 Å². The smallest absolute Gasteiger partial charge is 0.248 e. The van der Waals surface area contributed by atoms with E-state index < -0.39 is 20.3 Å². The fourth-order valence-corrected chi connectivity index (χ4v) is 2.99. The number of carbonyl (C=O) groups is 1. The Morgan fingerprint density at radius 3 is 2.42 bits per heavy atom. The third-order valence-corrected chi connectivity index (χ3v) is 9.45. The van der Waals surface area contributed by atoms with E-state index in [1.807, 2.05) is 0 Å². The number of rotatable bonds is 10. The molecule has 0 bridgehead atoms. The molecule has 24 heavy (non-hydrogen) atoms. The summed E-state index contributed by atoms with van der Waals surface area (Å²) in [6, 6.07) is 0. The summed E-state index contributed by atoms with van der Waals surface area (Å²) >= 11 is 0. The Hall–Kier alpha value is -0.693. The third-order valence-electron chi connectivity index (χ3n) is 4.91. The Bertz CT molecular complexity index is 416. The van der Waals surface area contributed by atoms with Crippen LogP contribution in [0.4, 0.5) is 0 Å². The second-order valence-electron chi connectivity index (χ2n) is 8.01. The van der Waals surface area contributed by atoms with E-state index in [1.54, 1.807) is 6.92 Å². The van der Waals surface area contributed by atoms with E-state index in [0.717, 1.165) is 19.4 Å². The summed E-state index contributed by atoms with van der Waals surface area (Å²) in [4.78, 5) is 16.2. The summed E-state index contributed by atoms with van der Waals surface area (Å²) in [6.07, 6.45) is 3.70. The van der Waals surface area contributed by atoms with Crippen LogP contribution in [0.15, 0.2) is 11.6 Å². The summed E-state index contributed by atoms with van der Waals surface area (Å²) in [7, 11) is -0.290. The molecule has 0 saturated carbocycles. The molecule has 0 rings (SSSR count). The van der Waals surface area contributed by atoms with Crippen LogP contribution in [-0.2, 0) is 14.1 Å². The van der Waals surface area contributed by atoms with Gasteiger partial charge >= 0.3 is 0 Å². The van der Waals surface area contributed by atoms with Crippen LogP contribution in [0.1, 0.15) is 53.9 Å². The minimum absolute atomic E-state index is 0.231. The SMILES string of the molecule is CONC(=O)[C@H](C)[C@@H](O)CC/C(C)=C/CCO[Si](C)(C)C(C)(C)C. The van der Waals surface area contributed by atoms with E-state index in [9.17, 15) is 9.90 Å². The first-order valence-electron chi connectivity index (χ1n) is 8.73. The summed E-state index contributed by atoms with van der Waals surface area (Å²) in [6.45, 7) is 15.7. The van der Waals surface area contributed by atoms with Gasteiger partial charge in [-0.25, -0.2) is 5.48 Å². The Morgan fingerprint density at radius 2 is 1.92 bits per heavy atom. The second-order valence-corrected chi connectivity index (χ2v) is 12.8.